The van der Waals surface area contributed by atoms with Crippen LogP contribution in [0, 0.1) is 20.6 Å². The summed E-state index contributed by atoms with van der Waals surface area (Å²) in [5, 5.41) is 0. The highest BCUT2D eigenvalue weighted by molar-refractivity contribution is 6.83. The summed E-state index contributed by atoms with van der Waals surface area (Å²) in [5.41, 5.74) is 6.47. The predicted molar refractivity (Wildman–Crippen MR) is 139 cm³/mol. The minimum Gasteiger partial charge on any atom is -0.369 e. The molecule has 0 unspecified atom stereocenters. The van der Waals surface area contributed by atoms with Crippen molar-refractivity contribution >= 4 is 29.6 Å². The maximum absolute atomic E-state index is 8.20. The molecular weight excluding hydrogens is 389 g/mol. The first kappa shape index (κ1) is 16.0. The van der Waals surface area contributed by atoms with Gasteiger partial charge in [-0.15, -0.1) is 0 Å². The van der Waals surface area contributed by atoms with Gasteiger partial charge in [-0.05, 0) is 73.4 Å². The summed E-state index contributed by atoms with van der Waals surface area (Å²) in [4.78, 5) is 4.44. The topological polar surface area (TPSA) is 10.4 Å². The van der Waals surface area contributed by atoms with E-state index in [2.05, 4.69) is 81.6 Å². The van der Waals surface area contributed by atoms with Crippen LogP contribution in [0.5, 0.6) is 0 Å². The Kier molecular flexibility index (Phi) is 4.14. The van der Waals surface area contributed by atoms with E-state index in [1.807, 2.05) is 6.07 Å². The van der Waals surface area contributed by atoms with Gasteiger partial charge >= 0.3 is 6.98 Å². The third kappa shape index (κ3) is 3.50. The molecule has 2 heterocycles. The Labute approximate surface area is 203 Å². The van der Waals surface area contributed by atoms with Crippen molar-refractivity contribution in [2.24, 2.45) is 7.05 Å². The van der Waals surface area contributed by atoms with E-state index < -0.39 is 13.7 Å². The molecule has 0 spiro atoms. The normalized spacial score (nSPS) is 17.1. The van der Waals surface area contributed by atoms with Crippen LogP contribution in [0.2, 0.25) is 0 Å². The van der Waals surface area contributed by atoms with Crippen molar-refractivity contribution in [3.63, 3.8) is 0 Å². The number of rotatable bonds is 4. The minimum absolute atomic E-state index is 0.143. The molecule has 0 fully saturated rings. The smallest absolute Gasteiger partial charge is 0.369 e. The molecule has 0 bridgehead atoms. The van der Waals surface area contributed by atoms with Crippen LogP contribution in [0.3, 0.4) is 0 Å². The molecule has 0 radical (unpaired) electrons. The number of hydrogen-bond acceptors (Lipinski definition) is 2. The first-order valence-corrected chi connectivity index (χ1v) is 11.3. The van der Waals surface area contributed by atoms with Crippen LogP contribution >= 0.6 is 0 Å². The van der Waals surface area contributed by atoms with Gasteiger partial charge in [0.1, 0.15) is 5.69 Å². The average molecular weight is 432 g/mol. The summed E-state index contributed by atoms with van der Waals surface area (Å²) >= 11 is 0. The lowest BCUT2D eigenvalue weighted by Gasteiger charge is -2.28. The van der Waals surface area contributed by atoms with Crippen molar-refractivity contribution in [3.8, 4) is 0 Å². The van der Waals surface area contributed by atoms with Gasteiger partial charge in [-0.1, -0.05) is 58.0 Å². The number of nitrogens with zero attached hydrogens (tertiary/aromatic N) is 3. The second kappa shape index (κ2) is 8.31. The van der Waals surface area contributed by atoms with Gasteiger partial charge in [0.25, 0.3) is 5.82 Å². The summed E-state index contributed by atoms with van der Waals surface area (Å²) in [6.45, 7) is 5.44. The monoisotopic (exact) mass is 432 g/mol. The fourth-order valence-corrected chi connectivity index (χ4v) is 5.02. The molecule has 3 aromatic rings. The molecular formula is C28H37BN3+. The molecule has 166 valence electrons. The first-order valence-electron chi connectivity index (χ1n) is 14.3. The van der Waals surface area contributed by atoms with Gasteiger partial charge in [0.05, 0.1) is 18.9 Å². The molecule has 4 rings (SSSR count). The molecule has 0 saturated heterocycles. The minimum atomic E-state index is -2.58. The largest absolute Gasteiger partial charge is 0.538 e. The van der Waals surface area contributed by atoms with Crippen LogP contribution in [0.4, 0.5) is 17.2 Å². The zero-order chi connectivity index (χ0) is 28.3. The maximum atomic E-state index is 8.20. The summed E-state index contributed by atoms with van der Waals surface area (Å²) in [7, 11) is 3.87. The number of benzene rings is 2. The second-order valence-corrected chi connectivity index (χ2v) is 9.53. The lowest BCUT2D eigenvalue weighted by Crippen LogP contribution is -2.58. The molecule has 0 aliphatic carbocycles. The molecule has 0 N–H and O–H groups in total. The number of anilines is 3. The summed E-state index contributed by atoms with van der Waals surface area (Å²) in [6.07, 6.45) is 1.47. The fourth-order valence-electron chi connectivity index (χ4n) is 5.02. The molecule has 1 aromatic heterocycles. The van der Waals surface area contributed by atoms with Crippen molar-refractivity contribution in [1.29, 1.82) is 0 Å². The Balaban J connectivity index is 2.11. The maximum Gasteiger partial charge on any atom is 0.538 e. The SMILES string of the molecule is [2H]C([2H])([2H])c1cc(N2B(c3c(C(C)C)cccc3C(C)C)N(C)c3cccc(C)c32)[n+](C)cc1C([2H])([2H])[2H]. The van der Waals surface area contributed by atoms with E-state index in [-0.39, 0.29) is 29.9 Å². The highest BCUT2D eigenvalue weighted by Gasteiger charge is 2.51. The van der Waals surface area contributed by atoms with Crippen LogP contribution < -0.4 is 19.7 Å². The number of pyridine rings is 1. The number of aryl methyl sites for hydroxylation is 4. The first-order chi connectivity index (χ1) is 17.6. The fraction of sp³-hybridized carbons (Fsp3) is 0.393. The van der Waals surface area contributed by atoms with Crippen molar-refractivity contribution in [3.05, 3.63) is 76.5 Å². The zero-order valence-electron chi connectivity index (χ0n) is 26.2. The van der Waals surface area contributed by atoms with Crippen LogP contribution in [0.25, 0.3) is 0 Å². The van der Waals surface area contributed by atoms with E-state index >= 15 is 0 Å². The molecule has 4 heteroatoms. The van der Waals surface area contributed by atoms with Crippen LogP contribution in [-0.2, 0) is 7.05 Å². The second-order valence-electron chi connectivity index (χ2n) is 9.53. The highest BCUT2D eigenvalue weighted by atomic mass is 15.3. The van der Waals surface area contributed by atoms with Crippen molar-refractivity contribution in [2.75, 3.05) is 16.7 Å². The molecule has 1 aliphatic heterocycles. The van der Waals surface area contributed by atoms with Gasteiger partial charge in [0.15, 0.2) is 0 Å². The van der Waals surface area contributed by atoms with Crippen molar-refractivity contribution in [1.82, 2.24) is 0 Å². The Morgan fingerprint density at radius 2 is 1.53 bits per heavy atom. The van der Waals surface area contributed by atoms with E-state index in [9.17, 15) is 0 Å². The van der Waals surface area contributed by atoms with Crippen LogP contribution in [-0.4, -0.2) is 14.0 Å². The van der Waals surface area contributed by atoms with Crippen molar-refractivity contribution in [2.45, 2.75) is 60.2 Å². The van der Waals surface area contributed by atoms with Gasteiger partial charge in [-0.25, -0.2) is 4.57 Å². The number of aromatic nitrogens is 1. The van der Waals surface area contributed by atoms with E-state index in [0.717, 1.165) is 16.9 Å². The van der Waals surface area contributed by atoms with Crippen molar-refractivity contribution < 1.29 is 12.8 Å². The quantitative estimate of drug-likeness (QED) is 0.389. The van der Waals surface area contributed by atoms with Gasteiger partial charge in [-0.3, -0.25) is 4.81 Å². The van der Waals surface area contributed by atoms with E-state index in [0.29, 0.717) is 5.82 Å². The Hall–Kier alpha value is -2.75. The summed E-state index contributed by atoms with van der Waals surface area (Å²) in [6, 6.07) is 14.2. The lowest BCUT2D eigenvalue weighted by molar-refractivity contribution is -0.658. The number of hydrogen-bond donors (Lipinski definition) is 0. The van der Waals surface area contributed by atoms with Crippen LogP contribution in [0.1, 0.15) is 75.6 Å². The van der Waals surface area contributed by atoms with Gasteiger partial charge in [0.2, 0.25) is 0 Å². The highest BCUT2D eigenvalue weighted by Crippen LogP contribution is 2.44. The van der Waals surface area contributed by atoms with E-state index in [1.165, 1.54) is 22.8 Å². The van der Waals surface area contributed by atoms with E-state index in [4.69, 9.17) is 8.22 Å². The Morgan fingerprint density at radius 3 is 2.12 bits per heavy atom. The molecule has 1 aliphatic rings. The summed E-state index contributed by atoms with van der Waals surface area (Å²) < 4.78 is 50.4. The molecule has 0 saturated carbocycles. The molecule has 0 atom stereocenters. The molecule has 0 amide bonds. The van der Waals surface area contributed by atoms with Gasteiger partial charge in [0, 0.05) is 19.8 Å². The van der Waals surface area contributed by atoms with E-state index in [1.54, 1.807) is 17.7 Å². The van der Waals surface area contributed by atoms with Crippen LogP contribution in [0.15, 0.2) is 48.7 Å². The number of fused-ring (bicyclic) bond motifs is 1. The Bertz CT molecular complexity index is 1340. The molecule has 2 aromatic carbocycles. The van der Waals surface area contributed by atoms with Gasteiger partial charge < -0.3 is 4.81 Å². The third-order valence-corrected chi connectivity index (χ3v) is 6.62. The molecule has 3 nitrogen and oxygen atoms in total. The third-order valence-electron chi connectivity index (χ3n) is 6.62. The molecule has 32 heavy (non-hydrogen) atoms. The average Bonchev–Trinajstić information content (AvgIpc) is 3.10. The van der Waals surface area contributed by atoms with Gasteiger partial charge in [-0.2, -0.15) is 0 Å². The summed E-state index contributed by atoms with van der Waals surface area (Å²) in [5.74, 6) is 1.17. The zero-order valence-corrected chi connectivity index (χ0v) is 20.2. The standard InChI is InChI=1S/C28H37BN3/c1-18(2)23-13-11-14-24(19(3)4)27(23)29-31(9)25-15-10-12-20(5)28(25)32(29)26-16-21(6)22(7)17-30(26)8/h10-19H,1-9H3/q+1/i6D3,7D3. The lowest BCUT2D eigenvalue weighted by atomic mass is 9.59. The Morgan fingerprint density at radius 1 is 0.906 bits per heavy atom. The predicted octanol–water partition coefficient (Wildman–Crippen LogP) is 5.67. The number of para-hydroxylation sites is 1.